The van der Waals surface area contributed by atoms with Crippen LogP contribution in [0.3, 0.4) is 0 Å². The predicted octanol–water partition coefficient (Wildman–Crippen LogP) is 2.53. The topological polar surface area (TPSA) is 84.3 Å². The Kier molecular flexibility index (Phi) is 4.63. The highest BCUT2D eigenvalue weighted by Crippen LogP contribution is 2.46. The van der Waals surface area contributed by atoms with Crippen molar-refractivity contribution in [2.75, 3.05) is 13.1 Å². The van der Waals surface area contributed by atoms with Gasteiger partial charge in [-0.15, -0.1) is 11.3 Å². The van der Waals surface area contributed by atoms with Crippen molar-refractivity contribution in [2.24, 2.45) is 5.92 Å². The van der Waals surface area contributed by atoms with Crippen LogP contribution in [0.15, 0.2) is 46.8 Å². The van der Waals surface area contributed by atoms with Gasteiger partial charge in [-0.05, 0) is 48.6 Å². The molecule has 0 bridgehead atoms. The van der Waals surface area contributed by atoms with Crippen molar-refractivity contribution in [2.45, 2.75) is 24.9 Å². The second-order valence-corrected chi connectivity index (χ2v) is 9.26. The first-order chi connectivity index (χ1) is 14.4. The quantitative estimate of drug-likeness (QED) is 0.658. The SMILES string of the molecule is O=C(NC1(C2CN(C(=O)Cn3cnc4sccc4c3=O)C2)CC1)c1ccc(Cl)cc1. The third kappa shape index (κ3) is 3.40. The van der Waals surface area contributed by atoms with E-state index in [0.717, 1.165) is 12.8 Å². The zero-order valence-corrected chi connectivity index (χ0v) is 17.6. The summed E-state index contributed by atoms with van der Waals surface area (Å²) < 4.78 is 1.36. The van der Waals surface area contributed by atoms with Crippen molar-refractivity contribution in [1.29, 1.82) is 0 Å². The van der Waals surface area contributed by atoms with E-state index in [-0.39, 0.29) is 35.4 Å². The molecule has 5 rings (SSSR count). The molecule has 1 saturated carbocycles. The van der Waals surface area contributed by atoms with E-state index in [4.69, 9.17) is 11.6 Å². The number of benzene rings is 1. The first kappa shape index (κ1) is 19.3. The molecule has 1 saturated heterocycles. The van der Waals surface area contributed by atoms with Crippen LogP contribution < -0.4 is 10.9 Å². The molecule has 0 atom stereocenters. The van der Waals surface area contributed by atoms with E-state index in [1.807, 2.05) is 5.38 Å². The number of rotatable bonds is 5. The molecule has 7 nitrogen and oxygen atoms in total. The van der Waals surface area contributed by atoms with Gasteiger partial charge in [0.2, 0.25) is 5.91 Å². The number of aromatic nitrogens is 2. The van der Waals surface area contributed by atoms with Crippen molar-refractivity contribution < 1.29 is 9.59 Å². The minimum absolute atomic E-state index is 0.0194. The van der Waals surface area contributed by atoms with Crippen LogP contribution in [-0.4, -0.2) is 44.9 Å². The Labute approximate surface area is 181 Å². The maximum Gasteiger partial charge on any atom is 0.262 e. The molecule has 2 amide bonds. The number of nitrogens with zero attached hydrogens (tertiary/aromatic N) is 3. The molecule has 3 aromatic rings. The third-order valence-electron chi connectivity index (χ3n) is 6.03. The van der Waals surface area contributed by atoms with Gasteiger partial charge in [0.05, 0.1) is 11.7 Å². The number of nitrogens with one attached hydrogen (secondary N) is 1. The second-order valence-electron chi connectivity index (χ2n) is 7.93. The number of carbonyl (C=O) groups is 2. The summed E-state index contributed by atoms with van der Waals surface area (Å²) >= 11 is 7.29. The van der Waals surface area contributed by atoms with Crippen molar-refractivity contribution in [3.8, 4) is 0 Å². The fourth-order valence-electron chi connectivity index (χ4n) is 3.95. The standard InChI is InChI=1S/C21H19ClN4O3S/c22-15-3-1-13(2-4-15)18(28)24-21(6-7-21)14-9-25(10-14)17(27)11-26-12-23-19-16(20(26)29)5-8-30-19/h1-5,8,12,14H,6-7,9-11H2,(H,24,28). The summed E-state index contributed by atoms with van der Waals surface area (Å²) in [7, 11) is 0. The van der Waals surface area contributed by atoms with Gasteiger partial charge in [-0.25, -0.2) is 4.98 Å². The van der Waals surface area contributed by atoms with Gasteiger partial charge in [0.1, 0.15) is 11.4 Å². The Morgan fingerprint density at radius 1 is 1.20 bits per heavy atom. The van der Waals surface area contributed by atoms with E-state index >= 15 is 0 Å². The van der Waals surface area contributed by atoms with E-state index < -0.39 is 0 Å². The van der Waals surface area contributed by atoms with Gasteiger partial charge in [-0.2, -0.15) is 0 Å². The largest absolute Gasteiger partial charge is 0.346 e. The van der Waals surface area contributed by atoms with E-state index in [1.54, 1.807) is 35.2 Å². The summed E-state index contributed by atoms with van der Waals surface area (Å²) in [5.41, 5.74) is 0.149. The van der Waals surface area contributed by atoms with Gasteiger partial charge < -0.3 is 10.2 Å². The van der Waals surface area contributed by atoms with Crippen LogP contribution in [0.2, 0.25) is 5.02 Å². The Bertz CT molecular complexity index is 1190. The Morgan fingerprint density at radius 2 is 1.93 bits per heavy atom. The maximum atomic E-state index is 12.6. The molecule has 30 heavy (non-hydrogen) atoms. The summed E-state index contributed by atoms with van der Waals surface area (Å²) in [5, 5.41) is 6.11. The molecule has 0 spiro atoms. The fourth-order valence-corrected chi connectivity index (χ4v) is 4.80. The monoisotopic (exact) mass is 442 g/mol. The number of likely N-dealkylation sites (tertiary alicyclic amines) is 1. The fraction of sp³-hybridized carbons (Fsp3) is 0.333. The summed E-state index contributed by atoms with van der Waals surface area (Å²) in [5.74, 6) is 0.00657. The van der Waals surface area contributed by atoms with Crippen LogP contribution in [0.25, 0.3) is 10.2 Å². The van der Waals surface area contributed by atoms with Gasteiger partial charge in [-0.1, -0.05) is 11.6 Å². The Balaban J connectivity index is 1.19. The Hall–Kier alpha value is -2.71. The van der Waals surface area contributed by atoms with Gasteiger partial charge in [-0.3, -0.25) is 19.0 Å². The molecule has 1 aromatic carbocycles. The molecule has 154 valence electrons. The lowest BCUT2D eigenvalue weighted by Gasteiger charge is -2.44. The average Bonchev–Trinajstić information content (AvgIpc) is 3.27. The summed E-state index contributed by atoms with van der Waals surface area (Å²) in [6.07, 6.45) is 3.26. The molecule has 3 heterocycles. The zero-order valence-electron chi connectivity index (χ0n) is 16.0. The molecule has 2 aromatic heterocycles. The molecule has 1 aliphatic carbocycles. The average molecular weight is 443 g/mol. The van der Waals surface area contributed by atoms with E-state index in [0.29, 0.717) is 33.9 Å². The first-order valence-electron chi connectivity index (χ1n) is 9.74. The second kappa shape index (κ2) is 7.21. The van der Waals surface area contributed by atoms with E-state index in [1.165, 1.54) is 22.2 Å². The molecule has 0 unspecified atom stereocenters. The molecule has 1 aliphatic heterocycles. The van der Waals surface area contributed by atoms with Crippen molar-refractivity contribution >= 4 is 45.0 Å². The van der Waals surface area contributed by atoms with Crippen LogP contribution >= 0.6 is 22.9 Å². The maximum absolute atomic E-state index is 12.6. The first-order valence-corrected chi connectivity index (χ1v) is 11.0. The molecule has 9 heteroatoms. The van der Waals surface area contributed by atoms with Gasteiger partial charge in [0.25, 0.3) is 11.5 Å². The number of carbonyl (C=O) groups excluding carboxylic acids is 2. The minimum Gasteiger partial charge on any atom is -0.346 e. The molecular weight excluding hydrogens is 424 g/mol. The van der Waals surface area contributed by atoms with Crippen LogP contribution in [-0.2, 0) is 11.3 Å². The summed E-state index contributed by atoms with van der Waals surface area (Å²) in [6, 6.07) is 8.55. The summed E-state index contributed by atoms with van der Waals surface area (Å²) in [4.78, 5) is 44.3. The molecule has 1 N–H and O–H groups in total. The third-order valence-corrected chi connectivity index (χ3v) is 7.10. The van der Waals surface area contributed by atoms with Crippen molar-refractivity contribution in [3.05, 3.63) is 63.0 Å². The molecule has 0 radical (unpaired) electrons. The van der Waals surface area contributed by atoms with Gasteiger partial charge in [0, 0.05) is 35.1 Å². The lowest BCUT2D eigenvalue weighted by Crippen LogP contribution is -2.60. The number of hydrogen-bond acceptors (Lipinski definition) is 5. The number of thiophene rings is 1. The number of fused-ring (bicyclic) bond motifs is 1. The number of amides is 2. The molecule has 2 fully saturated rings. The van der Waals surface area contributed by atoms with Crippen LogP contribution in [0.1, 0.15) is 23.2 Å². The van der Waals surface area contributed by atoms with Crippen molar-refractivity contribution in [1.82, 2.24) is 19.8 Å². The van der Waals surface area contributed by atoms with Crippen LogP contribution in [0.5, 0.6) is 0 Å². The highest BCUT2D eigenvalue weighted by Gasteiger charge is 2.55. The zero-order chi connectivity index (χ0) is 20.9. The highest BCUT2D eigenvalue weighted by atomic mass is 35.5. The number of hydrogen-bond donors (Lipinski definition) is 1. The minimum atomic E-state index is -0.235. The lowest BCUT2D eigenvalue weighted by molar-refractivity contribution is -0.139. The van der Waals surface area contributed by atoms with E-state index in [2.05, 4.69) is 10.3 Å². The molecular formula is C21H19ClN4O3S. The smallest absolute Gasteiger partial charge is 0.262 e. The normalized spacial score (nSPS) is 17.6. The Morgan fingerprint density at radius 3 is 2.63 bits per heavy atom. The van der Waals surface area contributed by atoms with Crippen LogP contribution in [0.4, 0.5) is 0 Å². The predicted molar refractivity (Wildman–Crippen MR) is 115 cm³/mol. The molecule has 2 aliphatic rings. The lowest BCUT2D eigenvalue weighted by atomic mass is 9.88. The van der Waals surface area contributed by atoms with Crippen molar-refractivity contribution in [3.63, 3.8) is 0 Å². The highest BCUT2D eigenvalue weighted by molar-refractivity contribution is 7.16. The summed E-state index contributed by atoms with van der Waals surface area (Å²) in [6.45, 7) is 1.15. The van der Waals surface area contributed by atoms with E-state index in [9.17, 15) is 14.4 Å². The van der Waals surface area contributed by atoms with Gasteiger partial charge in [0.15, 0.2) is 0 Å². The number of halogens is 1. The van der Waals surface area contributed by atoms with Gasteiger partial charge >= 0.3 is 0 Å². The van der Waals surface area contributed by atoms with Crippen LogP contribution in [0, 0.1) is 5.92 Å².